The number of aromatic nitrogens is 4. The third-order valence-corrected chi connectivity index (χ3v) is 5.51. The number of carbonyl (C=O) groups is 3. The molecular weight excluding hydrogens is 494 g/mol. The van der Waals surface area contributed by atoms with Gasteiger partial charge < -0.3 is 26.2 Å². The lowest BCUT2D eigenvalue weighted by molar-refractivity contribution is -0.139. The first-order valence-corrected chi connectivity index (χ1v) is 12.2. The molecule has 1 atom stereocenters. The Kier molecular flexibility index (Phi) is 10.2. The summed E-state index contributed by atoms with van der Waals surface area (Å²) in [6, 6.07) is 5.21. The second kappa shape index (κ2) is 13.8. The quantitative estimate of drug-likeness (QED) is 0.180. The molecule has 0 unspecified atom stereocenters. The lowest BCUT2D eigenvalue weighted by atomic mass is 10.1. The molecule has 1 aromatic carbocycles. The number of nitrogens with zero attached hydrogens (tertiary/aromatic N) is 3. The van der Waals surface area contributed by atoms with Crippen LogP contribution in [0.2, 0.25) is 0 Å². The van der Waals surface area contributed by atoms with Gasteiger partial charge in [-0.25, -0.2) is 14.8 Å². The summed E-state index contributed by atoms with van der Waals surface area (Å²) in [4.78, 5) is 62.9. The van der Waals surface area contributed by atoms with E-state index in [0.29, 0.717) is 37.4 Å². The number of nitrogen functional groups attached to an aromatic ring is 1. The van der Waals surface area contributed by atoms with Crippen LogP contribution in [0.4, 0.5) is 11.6 Å². The van der Waals surface area contributed by atoms with Crippen LogP contribution in [-0.2, 0) is 20.9 Å². The van der Waals surface area contributed by atoms with Crippen molar-refractivity contribution in [2.45, 2.75) is 51.6 Å². The van der Waals surface area contributed by atoms with Gasteiger partial charge in [-0.2, -0.15) is 4.98 Å². The highest BCUT2D eigenvalue weighted by atomic mass is 16.5. The van der Waals surface area contributed by atoms with Crippen molar-refractivity contribution in [3.05, 3.63) is 52.1 Å². The lowest BCUT2D eigenvalue weighted by Crippen LogP contribution is -2.41. The van der Waals surface area contributed by atoms with Gasteiger partial charge in [-0.05, 0) is 43.5 Å². The van der Waals surface area contributed by atoms with Crippen LogP contribution in [0.3, 0.4) is 0 Å². The van der Waals surface area contributed by atoms with Crippen LogP contribution in [0.25, 0.3) is 11.2 Å². The van der Waals surface area contributed by atoms with Crippen LogP contribution in [0.15, 0.2) is 35.3 Å². The molecule has 0 saturated heterocycles. The molecule has 0 radical (unpaired) electrons. The number of carboxylic acid groups (broad SMARTS) is 1. The number of anilines is 2. The van der Waals surface area contributed by atoms with Crippen molar-refractivity contribution in [3.63, 3.8) is 0 Å². The van der Waals surface area contributed by atoms with Crippen molar-refractivity contribution < 1.29 is 24.2 Å². The summed E-state index contributed by atoms with van der Waals surface area (Å²) in [5.41, 5.74) is 6.65. The normalized spacial score (nSPS) is 11.7. The van der Waals surface area contributed by atoms with Crippen molar-refractivity contribution in [3.8, 4) is 0 Å². The predicted octanol–water partition coefficient (Wildman–Crippen LogP) is 1.65. The number of hydrogen-bond donors (Lipinski definition) is 5. The number of ketones is 1. The molecule has 0 bridgehead atoms. The molecule has 38 heavy (non-hydrogen) atoms. The van der Waals surface area contributed by atoms with E-state index in [2.05, 4.69) is 30.6 Å². The number of hydrogen-bond acceptors (Lipinski definition) is 10. The second-order valence-corrected chi connectivity index (χ2v) is 8.57. The fourth-order valence-corrected chi connectivity index (χ4v) is 3.54. The van der Waals surface area contributed by atoms with E-state index in [1.54, 1.807) is 24.3 Å². The number of nitrogens with two attached hydrogens (primary N) is 1. The van der Waals surface area contributed by atoms with Crippen molar-refractivity contribution in [2.75, 3.05) is 24.3 Å². The summed E-state index contributed by atoms with van der Waals surface area (Å²) in [5, 5.41) is 15.1. The van der Waals surface area contributed by atoms with Gasteiger partial charge in [0.15, 0.2) is 11.2 Å². The smallest absolute Gasteiger partial charge is 0.326 e. The van der Waals surface area contributed by atoms with Gasteiger partial charge in [0.05, 0.1) is 18.4 Å². The van der Waals surface area contributed by atoms with E-state index in [1.165, 1.54) is 6.20 Å². The van der Waals surface area contributed by atoms with Gasteiger partial charge >= 0.3 is 5.97 Å². The topological polar surface area (TPSA) is 202 Å². The summed E-state index contributed by atoms with van der Waals surface area (Å²) in [5.74, 6) is -1.87. The van der Waals surface area contributed by atoms with E-state index in [1.807, 2.05) is 6.92 Å². The molecule has 2 heterocycles. The molecule has 0 aliphatic heterocycles. The monoisotopic (exact) mass is 525 g/mol. The highest BCUT2D eigenvalue weighted by Gasteiger charge is 2.21. The van der Waals surface area contributed by atoms with Crippen LogP contribution < -0.4 is 21.9 Å². The third-order valence-electron chi connectivity index (χ3n) is 5.51. The van der Waals surface area contributed by atoms with Crippen molar-refractivity contribution >= 4 is 40.5 Å². The average molecular weight is 526 g/mol. The molecule has 1 amide bonds. The minimum atomic E-state index is -1.20. The Hall–Kier alpha value is -4.39. The fourth-order valence-electron chi connectivity index (χ4n) is 3.54. The molecular formula is C25H31N7O6. The van der Waals surface area contributed by atoms with E-state index in [9.17, 15) is 24.3 Å². The molecule has 3 rings (SSSR count). The number of Topliss-reactive ketones (excluding diaryl/α,β-unsaturated/α-hetero) is 1. The second-order valence-electron chi connectivity index (χ2n) is 8.57. The number of aromatic amines is 1. The van der Waals surface area contributed by atoms with Crippen molar-refractivity contribution in [2.24, 2.45) is 0 Å². The maximum absolute atomic E-state index is 12.6. The molecule has 3 aromatic rings. The first-order valence-electron chi connectivity index (χ1n) is 12.2. The zero-order valence-corrected chi connectivity index (χ0v) is 21.0. The molecule has 0 aliphatic rings. The number of fused-ring (bicyclic) bond motifs is 1. The molecule has 6 N–H and O–H groups in total. The van der Waals surface area contributed by atoms with Crippen LogP contribution in [0.1, 0.15) is 55.1 Å². The number of rotatable bonds is 15. The number of ether oxygens (including phenoxy) is 1. The van der Waals surface area contributed by atoms with Gasteiger partial charge in [0.2, 0.25) is 5.95 Å². The number of carboxylic acids is 1. The molecule has 0 aliphatic carbocycles. The number of aliphatic carboxylic acids is 1. The van der Waals surface area contributed by atoms with E-state index >= 15 is 0 Å². The van der Waals surface area contributed by atoms with Crippen molar-refractivity contribution in [1.82, 2.24) is 25.3 Å². The Balaban J connectivity index is 1.50. The molecule has 0 saturated carbocycles. The molecule has 0 spiro atoms. The van der Waals surface area contributed by atoms with Gasteiger partial charge in [0.25, 0.3) is 11.5 Å². The Morgan fingerprint density at radius 3 is 2.61 bits per heavy atom. The average Bonchev–Trinajstić information content (AvgIpc) is 2.89. The SMILES string of the molecule is CCCOCCCC(=O)CC[C@H](NC(=O)c1ccc(NCc2cnc3nc(N)[nH]c(=O)c3n2)cc1)C(=O)O. The lowest BCUT2D eigenvalue weighted by Gasteiger charge is -2.14. The Labute approximate surface area is 218 Å². The van der Waals surface area contributed by atoms with Crippen LogP contribution in [0, 0.1) is 0 Å². The largest absolute Gasteiger partial charge is 0.480 e. The summed E-state index contributed by atoms with van der Waals surface area (Å²) in [6.45, 7) is 3.39. The van der Waals surface area contributed by atoms with Crippen LogP contribution >= 0.6 is 0 Å². The number of carbonyl (C=O) groups excluding carboxylic acids is 2. The summed E-state index contributed by atoms with van der Waals surface area (Å²) >= 11 is 0. The number of benzene rings is 1. The van der Waals surface area contributed by atoms with Crippen LogP contribution in [-0.4, -0.2) is 62.0 Å². The van der Waals surface area contributed by atoms with Gasteiger partial charge in [-0.15, -0.1) is 0 Å². The summed E-state index contributed by atoms with van der Waals surface area (Å²) in [7, 11) is 0. The molecule has 2 aromatic heterocycles. The standard InChI is InChI=1S/C25H31N7O6/c1-2-11-38-12-3-4-18(33)9-10-19(24(36)37)30-22(34)15-5-7-16(8-6-15)27-13-17-14-28-21-20(29-17)23(35)32-25(26)31-21/h5-8,14,19,27H,2-4,9-13H2,1H3,(H,30,34)(H,36,37)(H3,26,28,31,32,35)/t19-/m0/s1. The molecule has 202 valence electrons. The van der Waals surface area contributed by atoms with Gasteiger partial charge in [0.1, 0.15) is 11.8 Å². The zero-order chi connectivity index (χ0) is 27.5. The van der Waals surface area contributed by atoms with Gasteiger partial charge in [-0.3, -0.25) is 19.4 Å². The van der Waals surface area contributed by atoms with Crippen molar-refractivity contribution in [1.29, 1.82) is 0 Å². The predicted molar refractivity (Wildman–Crippen MR) is 140 cm³/mol. The molecule has 0 fully saturated rings. The minimum absolute atomic E-state index is 0.00705. The Bertz CT molecular complexity index is 1330. The van der Waals surface area contributed by atoms with Gasteiger partial charge in [0, 0.05) is 37.3 Å². The Morgan fingerprint density at radius 1 is 1.13 bits per heavy atom. The molecule has 13 heteroatoms. The highest BCUT2D eigenvalue weighted by molar-refractivity contribution is 5.97. The van der Waals surface area contributed by atoms with E-state index < -0.39 is 23.5 Å². The summed E-state index contributed by atoms with van der Waals surface area (Å²) < 4.78 is 5.34. The van der Waals surface area contributed by atoms with Crippen LogP contribution in [0.5, 0.6) is 0 Å². The first-order chi connectivity index (χ1) is 18.3. The van der Waals surface area contributed by atoms with E-state index in [0.717, 1.165) is 6.42 Å². The number of H-pyrrole nitrogens is 1. The van der Waals surface area contributed by atoms with Gasteiger partial charge in [-0.1, -0.05) is 6.92 Å². The van der Waals surface area contributed by atoms with E-state index in [-0.39, 0.29) is 47.8 Å². The summed E-state index contributed by atoms with van der Waals surface area (Å²) in [6.07, 6.45) is 3.34. The zero-order valence-electron chi connectivity index (χ0n) is 21.0. The molecule has 13 nitrogen and oxygen atoms in total. The maximum Gasteiger partial charge on any atom is 0.326 e. The maximum atomic E-state index is 12.6. The first kappa shape index (κ1) is 28.2. The minimum Gasteiger partial charge on any atom is -0.480 e. The highest BCUT2D eigenvalue weighted by Crippen LogP contribution is 2.12. The van der Waals surface area contributed by atoms with E-state index in [4.69, 9.17) is 10.5 Å². The third kappa shape index (κ3) is 8.34. The number of amides is 1. The fraction of sp³-hybridized carbons (Fsp3) is 0.400. The number of nitrogens with one attached hydrogen (secondary N) is 3. The Morgan fingerprint density at radius 2 is 1.89 bits per heavy atom.